The number of rotatable bonds is 0. The van der Waals surface area contributed by atoms with Crippen molar-refractivity contribution in [2.24, 2.45) is 0 Å². The van der Waals surface area contributed by atoms with Crippen LogP contribution in [0.2, 0.25) is 0 Å². The van der Waals surface area contributed by atoms with Crippen LogP contribution in [0, 0.1) is 11.7 Å². The van der Waals surface area contributed by atoms with E-state index in [9.17, 15) is 0 Å². The molecule has 1 aliphatic rings. The highest BCUT2D eigenvalue weighted by Gasteiger charge is 1.96. The molecule has 0 spiro atoms. The molecule has 0 aromatic heterocycles. The SMILES string of the molecule is [CH]1CO[CH]S1. The van der Waals surface area contributed by atoms with Gasteiger partial charge in [0.2, 0.25) is 0 Å². The summed E-state index contributed by atoms with van der Waals surface area (Å²) in [7, 11) is 0. The second-order valence-electron chi connectivity index (χ2n) is 0.732. The van der Waals surface area contributed by atoms with Gasteiger partial charge in [0.1, 0.15) is 5.94 Å². The number of hydrogen-bond donors (Lipinski definition) is 0. The predicted molar refractivity (Wildman–Crippen MR) is 22.1 cm³/mol. The molecule has 2 radical (unpaired) electrons. The maximum Gasteiger partial charge on any atom is 0.139 e. The highest BCUT2D eigenvalue weighted by atomic mass is 32.2. The average molecular weight is 88.1 g/mol. The molecule has 0 atom stereocenters. The van der Waals surface area contributed by atoms with E-state index in [-0.39, 0.29) is 0 Å². The summed E-state index contributed by atoms with van der Waals surface area (Å²) in [6.45, 7) is 0.782. The molecule has 0 aromatic rings. The Labute approximate surface area is 35.7 Å². The Bertz CT molecular complexity index is 18.5. The normalized spacial score (nSPS) is 24.0. The second kappa shape index (κ2) is 1.67. The minimum absolute atomic E-state index is 0.782. The summed E-state index contributed by atoms with van der Waals surface area (Å²) in [5.41, 5.74) is 0. The fourth-order valence-electron chi connectivity index (χ4n) is 0.196. The molecule has 2 heteroatoms. The van der Waals surface area contributed by atoms with Gasteiger partial charge in [-0.25, -0.2) is 0 Å². The van der Waals surface area contributed by atoms with Crippen LogP contribution in [0.1, 0.15) is 0 Å². The molecule has 1 rings (SSSR count). The Morgan fingerprint density at radius 3 is 3.00 bits per heavy atom. The summed E-state index contributed by atoms with van der Waals surface area (Å²) >= 11 is 1.60. The Balaban J connectivity index is 2.08. The number of hydrogen-bond acceptors (Lipinski definition) is 2. The molecule has 0 aromatic carbocycles. The Morgan fingerprint density at radius 2 is 2.80 bits per heavy atom. The summed E-state index contributed by atoms with van der Waals surface area (Å²) < 4.78 is 4.73. The fourth-order valence-corrected chi connectivity index (χ4v) is 0.589. The van der Waals surface area contributed by atoms with Gasteiger partial charge in [-0.1, -0.05) is 0 Å². The first kappa shape index (κ1) is 3.50. The van der Waals surface area contributed by atoms with Crippen molar-refractivity contribution < 1.29 is 4.74 Å². The molecule has 0 N–H and O–H groups in total. The van der Waals surface area contributed by atoms with Gasteiger partial charge in [-0.05, 0) is 0 Å². The van der Waals surface area contributed by atoms with Crippen LogP contribution in [0.5, 0.6) is 0 Å². The molecule has 0 unspecified atom stereocenters. The zero-order valence-electron chi connectivity index (χ0n) is 2.68. The summed E-state index contributed by atoms with van der Waals surface area (Å²) in [5.74, 6) is 3.72. The van der Waals surface area contributed by atoms with E-state index >= 15 is 0 Å². The standard InChI is InChI=1S/C3H4OS/c1-2-5-3-4-1/h2-3H,1H2. The van der Waals surface area contributed by atoms with Gasteiger partial charge in [0.25, 0.3) is 0 Å². The summed E-state index contributed by atoms with van der Waals surface area (Å²) in [5, 5.41) is 0. The smallest absolute Gasteiger partial charge is 0.139 e. The van der Waals surface area contributed by atoms with Crippen molar-refractivity contribution in [3.8, 4) is 0 Å². The van der Waals surface area contributed by atoms with Crippen molar-refractivity contribution in [3.63, 3.8) is 0 Å². The minimum Gasteiger partial charge on any atom is -0.363 e. The first-order valence-corrected chi connectivity index (χ1v) is 2.35. The maximum atomic E-state index is 4.73. The van der Waals surface area contributed by atoms with Crippen molar-refractivity contribution in [3.05, 3.63) is 11.7 Å². The van der Waals surface area contributed by atoms with Crippen LogP contribution in [-0.4, -0.2) is 6.61 Å². The van der Waals surface area contributed by atoms with E-state index in [0.717, 1.165) is 6.61 Å². The maximum absolute atomic E-state index is 4.73. The molecular formula is C3H4OS. The molecule has 1 aliphatic heterocycles. The van der Waals surface area contributed by atoms with Crippen molar-refractivity contribution in [1.82, 2.24) is 0 Å². The zero-order valence-corrected chi connectivity index (χ0v) is 3.49. The Morgan fingerprint density at radius 1 is 1.80 bits per heavy atom. The van der Waals surface area contributed by atoms with Gasteiger partial charge in [0.15, 0.2) is 0 Å². The molecule has 0 bridgehead atoms. The lowest BCUT2D eigenvalue weighted by atomic mass is 10.9. The van der Waals surface area contributed by atoms with Gasteiger partial charge in [0, 0.05) is 5.75 Å². The number of ether oxygens (including phenoxy) is 1. The monoisotopic (exact) mass is 88.0 g/mol. The lowest BCUT2D eigenvalue weighted by molar-refractivity contribution is 0.276. The highest BCUT2D eigenvalue weighted by Crippen LogP contribution is 2.17. The average Bonchev–Trinajstić information content (AvgIpc) is 1.76. The minimum atomic E-state index is 0.782. The molecule has 28 valence electrons. The lowest BCUT2D eigenvalue weighted by Crippen LogP contribution is -1.70. The van der Waals surface area contributed by atoms with Gasteiger partial charge in [-0.15, -0.1) is 11.8 Å². The van der Waals surface area contributed by atoms with Gasteiger partial charge in [-0.2, -0.15) is 0 Å². The van der Waals surface area contributed by atoms with Crippen molar-refractivity contribution in [2.45, 2.75) is 0 Å². The second-order valence-corrected chi connectivity index (χ2v) is 1.53. The highest BCUT2D eigenvalue weighted by molar-refractivity contribution is 8.03. The van der Waals surface area contributed by atoms with Crippen molar-refractivity contribution in [2.75, 3.05) is 6.61 Å². The summed E-state index contributed by atoms with van der Waals surface area (Å²) in [6, 6.07) is 0. The Kier molecular flexibility index (Phi) is 1.17. The molecular weight excluding hydrogens is 84.1 g/mol. The van der Waals surface area contributed by atoms with E-state index in [1.165, 1.54) is 0 Å². The van der Waals surface area contributed by atoms with Crippen molar-refractivity contribution >= 4 is 11.8 Å². The number of thioether (sulfide) groups is 1. The zero-order chi connectivity index (χ0) is 3.54. The van der Waals surface area contributed by atoms with E-state index in [0.29, 0.717) is 0 Å². The molecule has 0 saturated carbocycles. The molecule has 1 saturated heterocycles. The Hall–Kier alpha value is 0.310. The largest absolute Gasteiger partial charge is 0.363 e. The van der Waals surface area contributed by atoms with Gasteiger partial charge < -0.3 is 4.74 Å². The van der Waals surface area contributed by atoms with Crippen LogP contribution in [-0.2, 0) is 4.74 Å². The van der Waals surface area contributed by atoms with E-state index < -0.39 is 0 Å². The van der Waals surface area contributed by atoms with Gasteiger partial charge in [-0.3, -0.25) is 0 Å². The molecule has 5 heavy (non-hydrogen) atoms. The van der Waals surface area contributed by atoms with E-state index in [2.05, 4.69) is 0 Å². The summed E-state index contributed by atoms with van der Waals surface area (Å²) in [4.78, 5) is 0. The van der Waals surface area contributed by atoms with E-state index in [1.54, 1.807) is 17.7 Å². The van der Waals surface area contributed by atoms with Crippen LogP contribution in [0.25, 0.3) is 0 Å². The third-order valence-electron chi connectivity index (χ3n) is 0.384. The molecule has 0 aliphatic carbocycles. The predicted octanol–water partition coefficient (Wildman–Crippen LogP) is 1.03. The van der Waals surface area contributed by atoms with Crippen LogP contribution in [0.3, 0.4) is 0 Å². The first-order chi connectivity index (χ1) is 2.50. The van der Waals surface area contributed by atoms with Gasteiger partial charge >= 0.3 is 0 Å². The molecule has 1 heterocycles. The first-order valence-electron chi connectivity index (χ1n) is 1.40. The molecule has 0 amide bonds. The lowest BCUT2D eigenvalue weighted by Gasteiger charge is -1.73. The quantitative estimate of drug-likeness (QED) is 0.437. The third-order valence-corrected chi connectivity index (χ3v) is 0.960. The molecule has 1 fully saturated rings. The van der Waals surface area contributed by atoms with E-state index in [1.807, 2.05) is 5.75 Å². The van der Waals surface area contributed by atoms with Crippen LogP contribution in [0.4, 0.5) is 0 Å². The van der Waals surface area contributed by atoms with Crippen LogP contribution < -0.4 is 0 Å². The van der Waals surface area contributed by atoms with E-state index in [4.69, 9.17) is 4.74 Å². The molecule has 1 nitrogen and oxygen atoms in total. The topological polar surface area (TPSA) is 9.23 Å². The van der Waals surface area contributed by atoms with Crippen molar-refractivity contribution in [1.29, 1.82) is 0 Å². The van der Waals surface area contributed by atoms with Crippen LogP contribution >= 0.6 is 11.8 Å². The van der Waals surface area contributed by atoms with Crippen LogP contribution in [0.15, 0.2) is 0 Å². The fraction of sp³-hybridized carbons (Fsp3) is 0.333. The summed E-state index contributed by atoms with van der Waals surface area (Å²) in [6.07, 6.45) is 0. The third kappa shape index (κ3) is 0.816. The van der Waals surface area contributed by atoms with Gasteiger partial charge in [0.05, 0.1) is 6.61 Å².